The highest BCUT2D eigenvalue weighted by molar-refractivity contribution is 6.01. The first kappa shape index (κ1) is 20.5. The number of carbonyl (C=O) groups excluding carboxylic acids is 2. The molecule has 1 aromatic carbocycles. The molecule has 0 aromatic heterocycles. The second-order valence-electron chi connectivity index (χ2n) is 6.93. The Morgan fingerprint density at radius 1 is 1.31 bits per heavy atom. The lowest BCUT2D eigenvalue weighted by Crippen LogP contribution is -2.45. The molecule has 2 fully saturated rings. The molecule has 2 amide bonds. The molecule has 2 saturated heterocycles. The maximum Gasteiger partial charge on any atom is 0.228 e. The van der Waals surface area contributed by atoms with E-state index in [2.05, 4.69) is 5.32 Å². The predicted molar refractivity (Wildman–Crippen MR) is 104 cm³/mol. The number of para-hydroxylation sites is 2. The average molecular weight is 382 g/mol. The highest BCUT2D eigenvalue weighted by Gasteiger charge is 2.39. The third kappa shape index (κ3) is 4.30. The van der Waals surface area contributed by atoms with E-state index in [1.807, 2.05) is 36.2 Å². The van der Waals surface area contributed by atoms with Crippen molar-refractivity contribution >= 4 is 29.9 Å². The summed E-state index contributed by atoms with van der Waals surface area (Å²) in [6, 6.07) is 7.46. The number of halogens is 1. The Hall–Kier alpha value is -1.79. The SMILES string of the molecule is CNCC1CCCN(C(=O)C2CC(=O)N(c3ccccc3OC)C2)C1.Cl. The normalized spacial score (nSPS) is 22.9. The molecule has 0 saturated carbocycles. The van der Waals surface area contributed by atoms with Crippen LogP contribution in [0.25, 0.3) is 0 Å². The Kier molecular flexibility index (Phi) is 7.29. The van der Waals surface area contributed by atoms with E-state index < -0.39 is 0 Å². The van der Waals surface area contributed by atoms with Crippen molar-refractivity contribution in [3.05, 3.63) is 24.3 Å². The van der Waals surface area contributed by atoms with Gasteiger partial charge < -0.3 is 19.9 Å². The van der Waals surface area contributed by atoms with Crippen LogP contribution in [0.1, 0.15) is 19.3 Å². The minimum absolute atomic E-state index is 0. The van der Waals surface area contributed by atoms with Gasteiger partial charge in [0.05, 0.1) is 18.7 Å². The Bertz CT molecular complexity index is 638. The van der Waals surface area contributed by atoms with Crippen molar-refractivity contribution in [1.82, 2.24) is 10.2 Å². The molecule has 0 bridgehead atoms. The Labute approximate surface area is 161 Å². The third-order valence-electron chi connectivity index (χ3n) is 5.17. The quantitative estimate of drug-likeness (QED) is 0.846. The zero-order valence-electron chi connectivity index (χ0n) is 15.4. The zero-order chi connectivity index (χ0) is 17.8. The highest BCUT2D eigenvalue weighted by Crippen LogP contribution is 2.33. The number of nitrogens with one attached hydrogen (secondary N) is 1. The minimum Gasteiger partial charge on any atom is -0.495 e. The van der Waals surface area contributed by atoms with Crippen molar-refractivity contribution in [3.63, 3.8) is 0 Å². The molecule has 0 aliphatic carbocycles. The first-order chi connectivity index (χ1) is 12.1. The van der Waals surface area contributed by atoms with Crippen LogP contribution in [-0.2, 0) is 9.59 Å². The van der Waals surface area contributed by atoms with Crippen molar-refractivity contribution in [1.29, 1.82) is 0 Å². The molecule has 0 radical (unpaired) electrons. The van der Waals surface area contributed by atoms with E-state index in [0.717, 1.165) is 38.2 Å². The molecular weight excluding hydrogens is 354 g/mol. The first-order valence-electron chi connectivity index (χ1n) is 9.00. The monoisotopic (exact) mass is 381 g/mol. The van der Waals surface area contributed by atoms with Crippen LogP contribution in [0.5, 0.6) is 5.75 Å². The van der Waals surface area contributed by atoms with Crippen molar-refractivity contribution in [2.75, 3.05) is 45.2 Å². The van der Waals surface area contributed by atoms with Gasteiger partial charge in [0.25, 0.3) is 0 Å². The topological polar surface area (TPSA) is 61.9 Å². The van der Waals surface area contributed by atoms with Crippen LogP contribution in [-0.4, -0.2) is 57.1 Å². The molecular formula is C19H28ClN3O3. The van der Waals surface area contributed by atoms with Crippen LogP contribution < -0.4 is 15.0 Å². The predicted octanol–water partition coefficient (Wildman–Crippen LogP) is 1.93. The lowest BCUT2D eigenvalue weighted by molar-refractivity contribution is -0.137. The highest BCUT2D eigenvalue weighted by atomic mass is 35.5. The summed E-state index contributed by atoms with van der Waals surface area (Å²) in [6.45, 7) is 2.96. The lowest BCUT2D eigenvalue weighted by Gasteiger charge is -2.34. The van der Waals surface area contributed by atoms with E-state index in [0.29, 0.717) is 18.2 Å². The summed E-state index contributed by atoms with van der Waals surface area (Å²) in [5.74, 6) is 1.02. The standard InChI is InChI=1S/C19H27N3O3.ClH/c1-20-11-14-6-5-9-21(12-14)19(24)15-10-18(23)22(13-15)16-7-3-4-8-17(16)25-2;/h3-4,7-8,14-15,20H,5-6,9-13H2,1-2H3;1H. The van der Waals surface area contributed by atoms with Crippen molar-refractivity contribution in [3.8, 4) is 5.75 Å². The van der Waals surface area contributed by atoms with Crippen molar-refractivity contribution in [2.24, 2.45) is 11.8 Å². The smallest absolute Gasteiger partial charge is 0.228 e. The fourth-order valence-electron chi connectivity index (χ4n) is 3.94. The van der Waals surface area contributed by atoms with E-state index in [1.165, 1.54) is 0 Å². The number of methoxy groups -OCH3 is 1. The van der Waals surface area contributed by atoms with Crippen LogP contribution in [0.3, 0.4) is 0 Å². The summed E-state index contributed by atoms with van der Waals surface area (Å²) in [4.78, 5) is 29.1. The molecule has 2 heterocycles. The molecule has 144 valence electrons. The molecule has 0 spiro atoms. The third-order valence-corrected chi connectivity index (χ3v) is 5.17. The number of rotatable bonds is 5. The van der Waals surface area contributed by atoms with E-state index in [4.69, 9.17) is 4.74 Å². The summed E-state index contributed by atoms with van der Waals surface area (Å²) in [7, 11) is 3.54. The number of anilines is 1. The number of ether oxygens (including phenoxy) is 1. The zero-order valence-corrected chi connectivity index (χ0v) is 16.3. The summed E-state index contributed by atoms with van der Waals surface area (Å²) in [5, 5.41) is 3.20. The Morgan fingerprint density at radius 3 is 2.81 bits per heavy atom. The van der Waals surface area contributed by atoms with Gasteiger partial charge >= 0.3 is 0 Å². The van der Waals surface area contributed by atoms with Crippen molar-refractivity contribution < 1.29 is 14.3 Å². The van der Waals surface area contributed by atoms with Gasteiger partial charge in [-0.15, -0.1) is 12.4 Å². The molecule has 26 heavy (non-hydrogen) atoms. The van der Waals surface area contributed by atoms with E-state index >= 15 is 0 Å². The number of hydrogen-bond donors (Lipinski definition) is 1. The van der Waals surface area contributed by atoms with Crippen LogP contribution in [0.4, 0.5) is 5.69 Å². The van der Waals surface area contributed by atoms with Gasteiger partial charge in [-0.2, -0.15) is 0 Å². The maximum absolute atomic E-state index is 12.9. The van der Waals surface area contributed by atoms with Gasteiger partial charge in [0.2, 0.25) is 11.8 Å². The lowest BCUT2D eigenvalue weighted by atomic mass is 9.96. The van der Waals surface area contributed by atoms with Crippen LogP contribution in [0.15, 0.2) is 24.3 Å². The average Bonchev–Trinajstić information content (AvgIpc) is 3.03. The van der Waals surface area contributed by atoms with Gasteiger partial charge in [0.15, 0.2) is 0 Å². The van der Waals surface area contributed by atoms with E-state index in [1.54, 1.807) is 12.0 Å². The number of hydrogen-bond acceptors (Lipinski definition) is 4. The van der Waals surface area contributed by atoms with Crippen LogP contribution in [0, 0.1) is 11.8 Å². The Balaban J connectivity index is 0.00000243. The molecule has 2 aliphatic heterocycles. The number of amides is 2. The Morgan fingerprint density at radius 2 is 2.08 bits per heavy atom. The van der Waals surface area contributed by atoms with Gasteiger partial charge in [0, 0.05) is 26.1 Å². The number of likely N-dealkylation sites (tertiary alicyclic amines) is 1. The van der Waals surface area contributed by atoms with Crippen molar-refractivity contribution in [2.45, 2.75) is 19.3 Å². The van der Waals surface area contributed by atoms with E-state index in [9.17, 15) is 9.59 Å². The molecule has 2 unspecified atom stereocenters. The summed E-state index contributed by atoms with van der Waals surface area (Å²) in [5.41, 5.74) is 0.747. The second-order valence-corrected chi connectivity index (χ2v) is 6.93. The molecule has 1 aromatic rings. The number of benzene rings is 1. The molecule has 3 rings (SSSR count). The van der Waals surface area contributed by atoms with Crippen LogP contribution in [0.2, 0.25) is 0 Å². The minimum atomic E-state index is -0.259. The fourth-order valence-corrected chi connectivity index (χ4v) is 3.94. The van der Waals surface area contributed by atoms with Gasteiger partial charge in [-0.3, -0.25) is 9.59 Å². The molecule has 2 atom stereocenters. The number of piperidine rings is 1. The molecule has 1 N–H and O–H groups in total. The second kappa shape index (κ2) is 9.24. The summed E-state index contributed by atoms with van der Waals surface area (Å²) in [6.07, 6.45) is 2.47. The van der Waals surface area contributed by atoms with Gasteiger partial charge in [-0.05, 0) is 44.5 Å². The van der Waals surface area contributed by atoms with E-state index in [-0.39, 0.29) is 36.6 Å². The number of carbonyl (C=O) groups is 2. The van der Waals surface area contributed by atoms with Gasteiger partial charge in [0.1, 0.15) is 5.75 Å². The first-order valence-corrected chi connectivity index (χ1v) is 9.00. The molecule has 7 heteroatoms. The molecule has 6 nitrogen and oxygen atoms in total. The van der Waals surface area contributed by atoms with Gasteiger partial charge in [-0.25, -0.2) is 0 Å². The molecule has 2 aliphatic rings. The summed E-state index contributed by atoms with van der Waals surface area (Å²) < 4.78 is 5.36. The maximum atomic E-state index is 12.9. The van der Waals surface area contributed by atoms with Gasteiger partial charge in [-0.1, -0.05) is 12.1 Å². The largest absolute Gasteiger partial charge is 0.495 e. The fraction of sp³-hybridized carbons (Fsp3) is 0.579. The summed E-state index contributed by atoms with van der Waals surface area (Å²) >= 11 is 0. The van der Waals surface area contributed by atoms with Crippen LogP contribution >= 0.6 is 12.4 Å². The number of nitrogens with zero attached hydrogens (tertiary/aromatic N) is 2.